The van der Waals surface area contributed by atoms with Gasteiger partial charge < -0.3 is 61.5 Å². The molecule has 0 unspecified atom stereocenters. The van der Waals surface area contributed by atoms with Crippen LogP contribution >= 0.6 is 0 Å². The lowest BCUT2D eigenvalue weighted by molar-refractivity contribution is -0.139. The molecule has 20 nitrogen and oxygen atoms in total. The van der Waals surface area contributed by atoms with Gasteiger partial charge in [-0.2, -0.15) is 0 Å². The van der Waals surface area contributed by atoms with Crippen molar-refractivity contribution < 1.29 is 57.3 Å². The van der Waals surface area contributed by atoms with Crippen molar-refractivity contribution in [1.82, 2.24) is 42.5 Å². The summed E-state index contributed by atoms with van der Waals surface area (Å²) < 4.78 is 20.9. The van der Waals surface area contributed by atoms with Crippen LogP contribution < -0.4 is 42.5 Å². The fraction of sp³-hybridized carbons (Fsp3) is 0.158. The van der Waals surface area contributed by atoms with Gasteiger partial charge in [-0.05, 0) is 72.2 Å². The van der Waals surface area contributed by atoms with E-state index in [4.69, 9.17) is 18.9 Å². The minimum absolute atomic E-state index is 0.264. The number of carbonyl (C=O) groups is 8. The smallest absolute Gasteiger partial charge is 0.338 e. The van der Waals surface area contributed by atoms with Crippen molar-refractivity contribution in [3.63, 3.8) is 0 Å². The molecule has 12 rings (SSSR count). The number of amides is 8. The number of carbonyl (C=O) groups excluding carboxylic acids is 8. The van der Waals surface area contributed by atoms with Crippen LogP contribution in [-0.2, 0) is 38.1 Å². The maximum atomic E-state index is 12.6. The van der Waals surface area contributed by atoms with Gasteiger partial charge in [-0.1, -0.05) is 243 Å². The summed E-state index contributed by atoms with van der Waals surface area (Å²) in [6, 6.07) is 71.0. The lowest BCUT2D eigenvalue weighted by atomic mass is 9.93. The molecule has 4 heterocycles. The SMILES string of the molecule is CCOC(=O)C1=C(c2ccccc2)NC(=O)N[C@@H]1c1ccccc1.CCOC(=O)C1=C(c2ccccc2)NC(=O)N[C@@H]1c1ccccc1.CCOC(=O)C1=C(c2ccccc2)NC(=O)N[C@@H]1c1ccccc1.CCOC(=O)C1=C(c2ccccc2)NC(=O)N[C@@H]1c1ccccc1. The molecular weight excluding hydrogens is 1220 g/mol. The largest absolute Gasteiger partial charge is 0.463 e. The van der Waals surface area contributed by atoms with Gasteiger partial charge in [0.1, 0.15) is 0 Å². The number of esters is 4. The van der Waals surface area contributed by atoms with Gasteiger partial charge in [0, 0.05) is 0 Å². The summed E-state index contributed by atoms with van der Waals surface area (Å²) in [5, 5.41) is 22.3. The molecule has 0 radical (unpaired) electrons. The van der Waals surface area contributed by atoms with Gasteiger partial charge in [0.15, 0.2) is 0 Å². The van der Waals surface area contributed by atoms with Crippen molar-refractivity contribution >= 4 is 70.8 Å². The molecule has 0 saturated carbocycles. The number of urea groups is 4. The standard InChI is InChI=1S/4C19H18N2O3/c4*1-2-24-18(22)15-16(13-9-5-3-6-10-13)20-19(23)21-17(15)14-11-7-4-8-12-14/h4*3-12,16H,2H2,1H3,(H2,20,21,23)/t4*16-/m1111/s1. The van der Waals surface area contributed by atoms with E-state index < -0.39 is 48.0 Å². The Bertz CT molecular complexity index is 3620. The van der Waals surface area contributed by atoms with Crippen LogP contribution in [0, 0.1) is 0 Å². The Morgan fingerprint density at radius 3 is 0.573 bits per heavy atom. The van der Waals surface area contributed by atoms with Crippen molar-refractivity contribution in [3.8, 4) is 0 Å². The Morgan fingerprint density at radius 2 is 0.417 bits per heavy atom. The molecular formula is C76H72N8O12. The van der Waals surface area contributed by atoms with Gasteiger partial charge in [0.2, 0.25) is 0 Å². The van der Waals surface area contributed by atoms with Gasteiger partial charge in [-0.25, -0.2) is 38.4 Å². The molecule has 0 saturated heterocycles. The number of ether oxygens (including phenoxy) is 4. The summed E-state index contributed by atoms with van der Waals surface area (Å²) in [5.74, 6) is -1.79. The van der Waals surface area contributed by atoms with Gasteiger partial charge >= 0.3 is 48.0 Å². The molecule has 4 aliphatic rings. The Labute approximate surface area is 555 Å². The summed E-state index contributed by atoms with van der Waals surface area (Å²) in [6.45, 7) is 8.08. The molecule has 8 N–H and O–H groups in total. The molecule has 8 amide bonds. The highest BCUT2D eigenvalue weighted by atomic mass is 16.5. The zero-order chi connectivity index (χ0) is 67.8. The molecule has 4 atom stereocenters. The first kappa shape index (κ1) is 68.1. The van der Waals surface area contributed by atoms with Crippen LogP contribution in [0.2, 0.25) is 0 Å². The summed E-state index contributed by atoms with van der Waals surface area (Å²) in [6.07, 6.45) is 0. The van der Waals surface area contributed by atoms with Gasteiger partial charge in [0.05, 0.1) is 95.7 Å². The Kier molecular flexibility index (Phi) is 24.0. The molecule has 0 aromatic heterocycles. The second-order valence-corrected chi connectivity index (χ2v) is 21.3. The lowest BCUT2D eigenvalue weighted by Gasteiger charge is -2.29. The van der Waals surface area contributed by atoms with Gasteiger partial charge in [-0.15, -0.1) is 0 Å². The molecule has 96 heavy (non-hydrogen) atoms. The quantitative estimate of drug-likeness (QED) is 0.0332. The van der Waals surface area contributed by atoms with E-state index in [0.29, 0.717) is 45.1 Å². The van der Waals surface area contributed by atoms with E-state index in [1.54, 1.807) is 27.7 Å². The second kappa shape index (κ2) is 33.8. The molecule has 0 fully saturated rings. The van der Waals surface area contributed by atoms with Crippen LogP contribution in [0.5, 0.6) is 0 Å². The van der Waals surface area contributed by atoms with Crippen molar-refractivity contribution in [2.45, 2.75) is 51.9 Å². The van der Waals surface area contributed by atoms with E-state index in [1.807, 2.05) is 243 Å². The lowest BCUT2D eigenvalue weighted by Crippen LogP contribution is -2.45. The van der Waals surface area contributed by atoms with Crippen LogP contribution in [-0.4, -0.2) is 74.4 Å². The Hall–Kier alpha value is -12.3. The van der Waals surface area contributed by atoms with Crippen molar-refractivity contribution in [1.29, 1.82) is 0 Å². The van der Waals surface area contributed by atoms with E-state index in [1.165, 1.54) is 0 Å². The fourth-order valence-corrected chi connectivity index (χ4v) is 10.9. The Morgan fingerprint density at radius 1 is 0.260 bits per heavy atom. The first-order valence-electron chi connectivity index (χ1n) is 31.2. The van der Waals surface area contributed by atoms with E-state index in [-0.39, 0.29) is 50.6 Å². The molecule has 0 bridgehead atoms. The van der Waals surface area contributed by atoms with E-state index in [9.17, 15) is 38.4 Å². The van der Waals surface area contributed by atoms with Crippen molar-refractivity contribution in [2.24, 2.45) is 0 Å². The third kappa shape index (κ3) is 17.2. The molecule has 20 heteroatoms. The second-order valence-electron chi connectivity index (χ2n) is 21.3. The van der Waals surface area contributed by atoms with E-state index >= 15 is 0 Å². The zero-order valence-corrected chi connectivity index (χ0v) is 53.1. The van der Waals surface area contributed by atoms with Crippen molar-refractivity contribution in [2.75, 3.05) is 26.4 Å². The highest BCUT2D eigenvalue weighted by molar-refractivity contribution is 6.07. The molecule has 0 aliphatic carbocycles. The summed E-state index contributed by atoms with van der Waals surface area (Å²) in [4.78, 5) is 99.0. The topological polar surface area (TPSA) is 270 Å². The first-order chi connectivity index (χ1) is 46.8. The van der Waals surface area contributed by atoms with Crippen LogP contribution in [0.3, 0.4) is 0 Å². The number of hydrogen-bond acceptors (Lipinski definition) is 12. The third-order valence-electron chi connectivity index (χ3n) is 15.1. The van der Waals surface area contributed by atoms with Gasteiger partial charge in [0.25, 0.3) is 0 Å². The normalized spacial score (nSPS) is 17.0. The minimum Gasteiger partial charge on any atom is -0.463 e. The average Bonchev–Trinajstić information content (AvgIpc) is 0.814. The number of nitrogens with one attached hydrogen (secondary N) is 8. The number of benzene rings is 8. The maximum absolute atomic E-state index is 12.6. The predicted molar refractivity (Wildman–Crippen MR) is 363 cm³/mol. The average molecular weight is 1290 g/mol. The summed E-state index contributed by atoms with van der Waals surface area (Å²) in [7, 11) is 0. The third-order valence-corrected chi connectivity index (χ3v) is 15.1. The van der Waals surface area contributed by atoms with Gasteiger partial charge in [-0.3, -0.25) is 0 Å². The number of rotatable bonds is 16. The molecule has 4 aliphatic heterocycles. The summed E-state index contributed by atoms with van der Waals surface area (Å²) in [5.41, 5.74) is 9.84. The fourth-order valence-electron chi connectivity index (χ4n) is 10.9. The molecule has 8 aromatic rings. The highest BCUT2D eigenvalue weighted by Gasteiger charge is 2.38. The Balaban J connectivity index is 0.000000150. The molecule has 8 aromatic carbocycles. The first-order valence-corrected chi connectivity index (χ1v) is 31.2. The van der Waals surface area contributed by atoms with E-state index in [0.717, 1.165) is 44.5 Å². The highest BCUT2D eigenvalue weighted by Crippen LogP contribution is 2.36. The predicted octanol–water partition coefficient (Wildman–Crippen LogP) is 12.1. The number of hydrogen-bond donors (Lipinski definition) is 8. The maximum Gasteiger partial charge on any atom is 0.338 e. The molecule has 0 spiro atoms. The van der Waals surface area contributed by atoms with Crippen LogP contribution in [0.25, 0.3) is 22.8 Å². The monoisotopic (exact) mass is 1290 g/mol. The molecule has 488 valence electrons. The zero-order valence-electron chi connectivity index (χ0n) is 53.1. The van der Waals surface area contributed by atoms with Crippen LogP contribution in [0.4, 0.5) is 19.2 Å². The van der Waals surface area contributed by atoms with Crippen LogP contribution in [0.1, 0.15) is 96.4 Å². The van der Waals surface area contributed by atoms with E-state index in [2.05, 4.69) is 42.5 Å². The van der Waals surface area contributed by atoms with Crippen LogP contribution in [0.15, 0.2) is 265 Å². The summed E-state index contributed by atoms with van der Waals surface area (Å²) >= 11 is 0. The minimum atomic E-state index is -0.561. The van der Waals surface area contributed by atoms with Crippen molar-refractivity contribution in [3.05, 3.63) is 309 Å².